The van der Waals surface area contributed by atoms with Gasteiger partial charge in [0.15, 0.2) is 0 Å². The maximum atomic E-state index is 12.1. The van der Waals surface area contributed by atoms with Crippen molar-refractivity contribution in [3.63, 3.8) is 0 Å². The molecule has 0 amide bonds. The van der Waals surface area contributed by atoms with E-state index in [0.717, 1.165) is 13.0 Å². The molecule has 6 nitrogen and oxygen atoms in total. The van der Waals surface area contributed by atoms with E-state index in [9.17, 15) is 13.2 Å². The van der Waals surface area contributed by atoms with Crippen LogP contribution in [0, 0.1) is 0 Å². The zero-order valence-corrected chi connectivity index (χ0v) is 11.4. The lowest BCUT2D eigenvalue weighted by Gasteiger charge is -2.12. The number of sulfonamides is 1. The number of carbonyl (C=O) groups is 1. The molecule has 7 heteroatoms. The predicted molar refractivity (Wildman–Crippen MR) is 69.4 cm³/mol. The van der Waals surface area contributed by atoms with Gasteiger partial charge in [0.1, 0.15) is 0 Å². The quantitative estimate of drug-likeness (QED) is 0.767. The fraction of sp³-hybridized carbons (Fsp3) is 0.417. The lowest BCUT2D eigenvalue weighted by atomic mass is 10.2. The summed E-state index contributed by atoms with van der Waals surface area (Å²) in [6.07, 6.45) is 0.777. The smallest absolute Gasteiger partial charge is 0.337 e. The van der Waals surface area contributed by atoms with Crippen LogP contribution >= 0.6 is 0 Å². The summed E-state index contributed by atoms with van der Waals surface area (Å²) in [5.74, 6) is -0.489. The van der Waals surface area contributed by atoms with Crippen molar-refractivity contribution in [3.8, 4) is 0 Å². The lowest BCUT2D eigenvalue weighted by molar-refractivity contribution is 0.0600. The van der Waals surface area contributed by atoms with E-state index in [1.54, 1.807) is 0 Å². The van der Waals surface area contributed by atoms with Crippen LogP contribution in [0.15, 0.2) is 29.2 Å². The molecule has 2 N–H and O–H groups in total. The Morgan fingerprint density at radius 3 is 2.58 bits per heavy atom. The van der Waals surface area contributed by atoms with Gasteiger partial charge in [-0.25, -0.2) is 17.9 Å². The Bertz CT molecular complexity index is 548. The highest BCUT2D eigenvalue weighted by Crippen LogP contribution is 2.13. The minimum atomic E-state index is -3.54. The van der Waals surface area contributed by atoms with Crippen molar-refractivity contribution in [2.45, 2.75) is 17.4 Å². The summed E-state index contributed by atoms with van der Waals surface area (Å²) in [5.41, 5.74) is 0.323. The molecule has 1 atom stereocenters. The van der Waals surface area contributed by atoms with E-state index in [0.29, 0.717) is 12.1 Å². The van der Waals surface area contributed by atoms with Crippen molar-refractivity contribution < 1.29 is 17.9 Å². The van der Waals surface area contributed by atoms with Crippen molar-refractivity contribution in [2.24, 2.45) is 0 Å². The van der Waals surface area contributed by atoms with Crippen molar-refractivity contribution in [1.29, 1.82) is 0 Å². The van der Waals surface area contributed by atoms with Crippen LogP contribution in [0.5, 0.6) is 0 Å². The van der Waals surface area contributed by atoms with Gasteiger partial charge in [-0.3, -0.25) is 0 Å². The second-order valence-electron chi connectivity index (χ2n) is 4.33. The maximum Gasteiger partial charge on any atom is 0.337 e. The average Bonchev–Trinajstić information content (AvgIpc) is 2.90. The first-order chi connectivity index (χ1) is 9.03. The number of nitrogens with one attached hydrogen (secondary N) is 2. The standard InChI is InChI=1S/C12H16N2O4S/c1-18-12(15)9-2-4-11(5-3-9)19(16,17)14-10-6-7-13-8-10/h2-5,10,13-14H,6-8H2,1H3/t10-/m1/s1. The van der Waals surface area contributed by atoms with E-state index in [1.807, 2.05) is 0 Å². The molecule has 0 radical (unpaired) electrons. The molecule has 0 aromatic heterocycles. The molecule has 19 heavy (non-hydrogen) atoms. The molecule has 0 spiro atoms. The summed E-state index contributed by atoms with van der Waals surface area (Å²) in [5, 5.41) is 3.09. The van der Waals surface area contributed by atoms with Crippen LogP contribution in [0.25, 0.3) is 0 Å². The molecule has 1 aromatic carbocycles. The van der Waals surface area contributed by atoms with Crippen LogP contribution in [-0.4, -0.2) is 40.6 Å². The fourth-order valence-electron chi connectivity index (χ4n) is 1.93. The predicted octanol–water partition coefficient (Wildman–Crippen LogP) is 0.113. The number of esters is 1. The first kappa shape index (κ1) is 14.0. The molecule has 1 aromatic rings. The Hall–Kier alpha value is -1.44. The number of hydrogen-bond acceptors (Lipinski definition) is 5. The van der Waals surface area contributed by atoms with Gasteiger partial charge >= 0.3 is 5.97 Å². The first-order valence-corrected chi connectivity index (χ1v) is 7.42. The molecule has 1 fully saturated rings. The summed E-state index contributed by atoms with van der Waals surface area (Å²) in [7, 11) is -2.26. The molecule has 1 saturated heterocycles. The van der Waals surface area contributed by atoms with Crippen molar-refractivity contribution in [2.75, 3.05) is 20.2 Å². The molecule has 104 valence electrons. The van der Waals surface area contributed by atoms with E-state index in [1.165, 1.54) is 31.4 Å². The van der Waals surface area contributed by atoms with E-state index in [-0.39, 0.29) is 10.9 Å². The first-order valence-electron chi connectivity index (χ1n) is 5.94. The van der Waals surface area contributed by atoms with Gasteiger partial charge in [0.25, 0.3) is 0 Å². The highest BCUT2D eigenvalue weighted by Gasteiger charge is 2.22. The lowest BCUT2D eigenvalue weighted by Crippen LogP contribution is -2.36. The monoisotopic (exact) mass is 284 g/mol. The Labute approximate surface area is 112 Å². The van der Waals surface area contributed by atoms with Crippen LogP contribution in [-0.2, 0) is 14.8 Å². The summed E-state index contributed by atoms with van der Waals surface area (Å²) < 4.78 is 31.4. The molecule has 0 aliphatic carbocycles. The Morgan fingerprint density at radius 2 is 2.05 bits per heavy atom. The van der Waals surface area contributed by atoms with Gasteiger partial charge in [0, 0.05) is 12.6 Å². The Balaban J connectivity index is 2.14. The van der Waals surface area contributed by atoms with Gasteiger partial charge in [-0.2, -0.15) is 0 Å². The normalized spacial score (nSPS) is 19.3. The summed E-state index contributed by atoms with van der Waals surface area (Å²) in [6, 6.07) is 5.60. The van der Waals surface area contributed by atoms with Gasteiger partial charge in [0.05, 0.1) is 17.6 Å². The van der Waals surface area contributed by atoms with E-state index in [2.05, 4.69) is 14.8 Å². The fourth-order valence-corrected chi connectivity index (χ4v) is 3.20. The van der Waals surface area contributed by atoms with Gasteiger partial charge < -0.3 is 10.1 Å². The van der Waals surface area contributed by atoms with Crippen molar-refractivity contribution in [3.05, 3.63) is 29.8 Å². The molecule has 1 aliphatic heterocycles. The summed E-state index contributed by atoms with van der Waals surface area (Å²) in [4.78, 5) is 11.4. The van der Waals surface area contributed by atoms with Crippen LogP contribution in [0.2, 0.25) is 0 Å². The van der Waals surface area contributed by atoms with Crippen LogP contribution in [0.3, 0.4) is 0 Å². The molecule has 1 aliphatic rings. The van der Waals surface area contributed by atoms with Crippen molar-refractivity contribution >= 4 is 16.0 Å². The van der Waals surface area contributed by atoms with Crippen LogP contribution in [0.4, 0.5) is 0 Å². The highest BCUT2D eigenvalue weighted by atomic mass is 32.2. The molecule has 2 rings (SSSR count). The minimum Gasteiger partial charge on any atom is -0.465 e. The zero-order valence-electron chi connectivity index (χ0n) is 10.5. The number of rotatable bonds is 4. The third-order valence-corrected chi connectivity index (χ3v) is 4.50. The van der Waals surface area contributed by atoms with Crippen LogP contribution < -0.4 is 10.0 Å². The molecule has 0 bridgehead atoms. The number of hydrogen-bond donors (Lipinski definition) is 2. The van der Waals surface area contributed by atoms with Crippen LogP contribution in [0.1, 0.15) is 16.8 Å². The van der Waals surface area contributed by atoms with Gasteiger partial charge in [-0.1, -0.05) is 0 Å². The van der Waals surface area contributed by atoms with Gasteiger partial charge in [-0.15, -0.1) is 0 Å². The molecule has 1 heterocycles. The SMILES string of the molecule is COC(=O)c1ccc(S(=O)(=O)N[C@@H]2CCNC2)cc1. The number of ether oxygens (including phenoxy) is 1. The largest absolute Gasteiger partial charge is 0.465 e. The Kier molecular flexibility index (Phi) is 4.18. The maximum absolute atomic E-state index is 12.1. The minimum absolute atomic E-state index is 0.0784. The highest BCUT2D eigenvalue weighted by molar-refractivity contribution is 7.89. The zero-order chi connectivity index (χ0) is 13.9. The molecule has 0 saturated carbocycles. The van der Waals surface area contributed by atoms with E-state index in [4.69, 9.17) is 0 Å². The molecular weight excluding hydrogens is 268 g/mol. The third-order valence-electron chi connectivity index (χ3n) is 2.97. The number of methoxy groups -OCH3 is 1. The summed E-state index contributed by atoms with van der Waals surface area (Å²) in [6.45, 7) is 1.45. The van der Waals surface area contributed by atoms with Gasteiger partial charge in [-0.05, 0) is 37.2 Å². The second kappa shape index (κ2) is 5.68. The number of carbonyl (C=O) groups excluding carboxylic acids is 1. The summed E-state index contributed by atoms with van der Waals surface area (Å²) >= 11 is 0. The average molecular weight is 284 g/mol. The topological polar surface area (TPSA) is 84.5 Å². The van der Waals surface area contributed by atoms with Crippen molar-refractivity contribution in [1.82, 2.24) is 10.0 Å². The van der Waals surface area contributed by atoms with E-state index >= 15 is 0 Å². The molecular formula is C12H16N2O4S. The second-order valence-corrected chi connectivity index (χ2v) is 6.04. The Morgan fingerprint density at radius 1 is 1.37 bits per heavy atom. The van der Waals surface area contributed by atoms with Gasteiger partial charge in [0.2, 0.25) is 10.0 Å². The number of benzene rings is 1. The third kappa shape index (κ3) is 3.31. The molecule has 0 unspecified atom stereocenters. The van der Waals surface area contributed by atoms with E-state index < -0.39 is 16.0 Å².